The molecule has 0 saturated heterocycles. The molecular weight excluding hydrogens is 322 g/mol. The summed E-state index contributed by atoms with van der Waals surface area (Å²) in [6.07, 6.45) is 1.36. The molecule has 0 spiro atoms. The number of furan rings is 1. The summed E-state index contributed by atoms with van der Waals surface area (Å²) < 4.78 is 6.85. The van der Waals surface area contributed by atoms with Crippen LogP contribution in [-0.4, -0.2) is 44.2 Å². The number of likely N-dealkylation sites (N-methyl/N-ethyl adjacent to an activating group) is 1. The van der Waals surface area contributed by atoms with Crippen LogP contribution in [0.4, 0.5) is 0 Å². The number of nitrogens with zero attached hydrogens (tertiary/aromatic N) is 3. The molecular formula is C18H21N3O4. The van der Waals surface area contributed by atoms with E-state index in [1.54, 1.807) is 19.9 Å². The van der Waals surface area contributed by atoms with Crippen LogP contribution in [0.1, 0.15) is 20.8 Å². The molecule has 3 aromatic rings. The van der Waals surface area contributed by atoms with Crippen LogP contribution in [0.2, 0.25) is 0 Å². The molecule has 2 aromatic heterocycles. The molecule has 2 heterocycles. The van der Waals surface area contributed by atoms with E-state index >= 15 is 0 Å². The number of carbonyl (C=O) groups excluding carboxylic acids is 1. The average molecular weight is 343 g/mol. The Bertz CT molecular complexity index is 981. The Balaban J connectivity index is 1.94. The second-order valence-electron chi connectivity index (χ2n) is 6.67. The van der Waals surface area contributed by atoms with Crippen LogP contribution in [-0.2, 0) is 11.3 Å². The molecule has 0 aliphatic carbocycles. The minimum absolute atomic E-state index is 0.141. The van der Waals surface area contributed by atoms with Gasteiger partial charge < -0.3 is 14.4 Å². The first-order valence-corrected chi connectivity index (χ1v) is 8.17. The fourth-order valence-electron chi connectivity index (χ4n) is 2.82. The summed E-state index contributed by atoms with van der Waals surface area (Å²) in [5.74, 6) is -0.260. The molecule has 1 aromatic carbocycles. The Morgan fingerprint density at radius 3 is 2.76 bits per heavy atom. The molecule has 7 nitrogen and oxygen atoms in total. The Morgan fingerprint density at radius 2 is 2.08 bits per heavy atom. The molecule has 0 saturated carbocycles. The van der Waals surface area contributed by atoms with Crippen molar-refractivity contribution in [1.29, 1.82) is 0 Å². The lowest BCUT2D eigenvalue weighted by Crippen LogP contribution is -2.44. The van der Waals surface area contributed by atoms with Gasteiger partial charge in [-0.1, -0.05) is 12.1 Å². The van der Waals surface area contributed by atoms with Crippen molar-refractivity contribution in [2.75, 3.05) is 13.1 Å². The number of fused-ring (bicyclic) bond motifs is 3. The zero-order valence-electron chi connectivity index (χ0n) is 14.5. The van der Waals surface area contributed by atoms with Crippen molar-refractivity contribution in [1.82, 2.24) is 14.5 Å². The van der Waals surface area contributed by atoms with Crippen LogP contribution < -0.4 is 5.56 Å². The number of para-hydroxylation sites is 1. The van der Waals surface area contributed by atoms with E-state index in [1.165, 1.54) is 15.8 Å². The van der Waals surface area contributed by atoms with Gasteiger partial charge in [-0.05, 0) is 32.9 Å². The van der Waals surface area contributed by atoms with E-state index in [2.05, 4.69) is 4.98 Å². The van der Waals surface area contributed by atoms with Crippen LogP contribution >= 0.6 is 0 Å². The summed E-state index contributed by atoms with van der Waals surface area (Å²) in [6, 6.07) is 7.28. The summed E-state index contributed by atoms with van der Waals surface area (Å²) in [6.45, 7) is 5.58. The lowest BCUT2D eigenvalue weighted by molar-refractivity contribution is -0.134. The molecule has 0 aliphatic rings. The SMILES string of the molecule is CCN(CC(C)(C)O)C(=O)Cn1cnc2c(oc3ccccc32)c1=O. The van der Waals surface area contributed by atoms with Crippen molar-refractivity contribution >= 4 is 28.0 Å². The molecule has 132 valence electrons. The van der Waals surface area contributed by atoms with Gasteiger partial charge in [0.2, 0.25) is 11.5 Å². The number of hydrogen-bond acceptors (Lipinski definition) is 5. The topological polar surface area (TPSA) is 88.6 Å². The maximum Gasteiger partial charge on any atom is 0.297 e. The third-order valence-corrected chi connectivity index (χ3v) is 3.97. The molecule has 0 aliphatic heterocycles. The van der Waals surface area contributed by atoms with Gasteiger partial charge in [0.15, 0.2) is 0 Å². The minimum Gasteiger partial charge on any atom is -0.448 e. The highest BCUT2D eigenvalue weighted by molar-refractivity contribution is 6.01. The van der Waals surface area contributed by atoms with Crippen LogP contribution in [0, 0.1) is 0 Å². The van der Waals surface area contributed by atoms with Gasteiger partial charge in [-0.25, -0.2) is 4.98 Å². The second kappa shape index (κ2) is 6.33. The predicted molar refractivity (Wildman–Crippen MR) is 94.3 cm³/mol. The van der Waals surface area contributed by atoms with Gasteiger partial charge in [-0.3, -0.25) is 14.2 Å². The number of hydrogen-bond donors (Lipinski definition) is 1. The van der Waals surface area contributed by atoms with Crippen LogP contribution in [0.3, 0.4) is 0 Å². The first kappa shape index (κ1) is 17.2. The molecule has 0 unspecified atom stereocenters. The van der Waals surface area contributed by atoms with Crippen LogP contribution in [0.5, 0.6) is 0 Å². The quantitative estimate of drug-likeness (QED) is 0.762. The smallest absolute Gasteiger partial charge is 0.297 e. The molecule has 0 fully saturated rings. The van der Waals surface area contributed by atoms with Gasteiger partial charge in [0, 0.05) is 18.5 Å². The lowest BCUT2D eigenvalue weighted by Gasteiger charge is -2.28. The third-order valence-electron chi connectivity index (χ3n) is 3.97. The van der Waals surface area contributed by atoms with Gasteiger partial charge in [0.1, 0.15) is 17.6 Å². The average Bonchev–Trinajstić information content (AvgIpc) is 2.94. The molecule has 0 atom stereocenters. The molecule has 1 N–H and O–H groups in total. The number of rotatable bonds is 5. The van der Waals surface area contributed by atoms with Crippen molar-refractivity contribution in [3.8, 4) is 0 Å². The molecule has 7 heteroatoms. The van der Waals surface area contributed by atoms with Crippen LogP contribution in [0.15, 0.2) is 39.8 Å². The largest absolute Gasteiger partial charge is 0.448 e. The van der Waals surface area contributed by atoms with Gasteiger partial charge in [0.05, 0.1) is 11.9 Å². The number of amides is 1. The van der Waals surface area contributed by atoms with E-state index < -0.39 is 11.2 Å². The first-order valence-electron chi connectivity index (χ1n) is 8.17. The molecule has 25 heavy (non-hydrogen) atoms. The minimum atomic E-state index is -1.00. The summed E-state index contributed by atoms with van der Waals surface area (Å²) in [4.78, 5) is 30.9. The van der Waals surface area contributed by atoms with Crippen molar-refractivity contribution in [2.45, 2.75) is 32.9 Å². The maximum atomic E-state index is 12.6. The van der Waals surface area contributed by atoms with Crippen molar-refractivity contribution < 1.29 is 14.3 Å². The molecule has 1 amide bonds. The number of benzene rings is 1. The third kappa shape index (κ3) is 3.41. The number of aromatic nitrogens is 2. The summed E-state index contributed by atoms with van der Waals surface area (Å²) in [5, 5.41) is 10.7. The standard InChI is InChI=1S/C18H21N3O4/c1-4-20(10-18(2,3)24)14(22)9-21-11-19-15-12-7-5-6-8-13(12)25-16(15)17(21)23/h5-8,11,24H,4,9-10H2,1-3H3. The van der Waals surface area contributed by atoms with Crippen LogP contribution in [0.25, 0.3) is 22.1 Å². The fourth-order valence-corrected chi connectivity index (χ4v) is 2.82. The highest BCUT2D eigenvalue weighted by atomic mass is 16.3. The Kier molecular flexibility index (Phi) is 4.34. The number of aliphatic hydroxyl groups is 1. The lowest BCUT2D eigenvalue weighted by atomic mass is 10.1. The van der Waals surface area contributed by atoms with E-state index in [1.807, 2.05) is 25.1 Å². The van der Waals surface area contributed by atoms with E-state index in [0.717, 1.165) is 5.39 Å². The molecule has 0 bridgehead atoms. The molecule has 0 radical (unpaired) electrons. The predicted octanol–water partition coefficient (Wildman–Crippen LogP) is 1.76. The Labute approximate surface area is 144 Å². The second-order valence-corrected chi connectivity index (χ2v) is 6.67. The van der Waals surface area contributed by atoms with E-state index in [4.69, 9.17) is 4.42 Å². The van der Waals surface area contributed by atoms with Gasteiger partial charge >= 0.3 is 0 Å². The zero-order chi connectivity index (χ0) is 18.2. The zero-order valence-corrected chi connectivity index (χ0v) is 14.5. The van der Waals surface area contributed by atoms with E-state index in [0.29, 0.717) is 17.6 Å². The Hall–Kier alpha value is -2.67. The van der Waals surface area contributed by atoms with Crippen molar-refractivity contribution in [3.63, 3.8) is 0 Å². The summed E-state index contributed by atoms with van der Waals surface area (Å²) in [7, 11) is 0. The van der Waals surface area contributed by atoms with E-state index in [-0.39, 0.29) is 24.6 Å². The highest BCUT2D eigenvalue weighted by Crippen LogP contribution is 2.24. The van der Waals surface area contributed by atoms with Gasteiger partial charge in [-0.2, -0.15) is 0 Å². The maximum absolute atomic E-state index is 12.6. The van der Waals surface area contributed by atoms with Crippen molar-refractivity contribution in [3.05, 3.63) is 40.9 Å². The van der Waals surface area contributed by atoms with Crippen molar-refractivity contribution in [2.24, 2.45) is 0 Å². The normalized spacial score (nSPS) is 12.0. The summed E-state index contributed by atoms with van der Waals surface area (Å²) >= 11 is 0. The first-order chi connectivity index (χ1) is 11.8. The van der Waals surface area contributed by atoms with Gasteiger partial charge in [0.25, 0.3) is 5.56 Å². The fraction of sp³-hybridized carbons (Fsp3) is 0.389. The molecule has 3 rings (SSSR count). The summed E-state index contributed by atoms with van der Waals surface area (Å²) in [5.41, 5.74) is -0.176. The number of carbonyl (C=O) groups is 1. The highest BCUT2D eigenvalue weighted by Gasteiger charge is 2.22. The van der Waals surface area contributed by atoms with E-state index in [9.17, 15) is 14.7 Å². The Morgan fingerprint density at radius 1 is 1.36 bits per heavy atom. The van der Waals surface area contributed by atoms with Gasteiger partial charge in [-0.15, -0.1) is 0 Å². The monoisotopic (exact) mass is 343 g/mol.